The third-order valence-electron chi connectivity index (χ3n) is 6.01. The molecule has 32 heavy (non-hydrogen) atoms. The summed E-state index contributed by atoms with van der Waals surface area (Å²) in [6.07, 6.45) is 3.55. The van der Waals surface area contributed by atoms with E-state index in [4.69, 9.17) is 9.47 Å². The molecular weight excluding hydrogens is 406 g/mol. The molecule has 2 aromatic carbocycles. The SMILES string of the molecule is CCN(C(=O)CCn1cnnn1)[C@H]1CCO[C@@H](c2ccc(-c3ccc(OC)cc3)cc2)C1. The first kappa shape index (κ1) is 22.0. The number of tetrazole rings is 1. The monoisotopic (exact) mass is 435 g/mol. The molecule has 4 rings (SSSR count). The quantitative estimate of drug-likeness (QED) is 0.539. The molecule has 1 aliphatic heterocycles. The number of nitrogens with zero attached hydrogens (tertiary/aromatic N) is 5. The number of methoxy groups -OCH3 is 1. The van der Waals surface area contributed by atoms with Crippen molar-refractivity contribution in [2.24, 2.45) is 0 Å². The van der Waals surface area contributed by atoms with Crippen LogP contribution in [-0.4, -0.2) is 57.3 Å². The van der Waals surface area contributed by atoms with Gasteiger partial charge in [-0.3, -0.25) is 4.79 Å². The van der Waals surface area contributed by atoms with Crippen LogP contribution in [0.2, 0.25) is 0 Å². The molecule has 0 bridgehead atoms. The van der Waals surface area contributed by atoms with Gasteiger partial charge in [0.2, 0.25) is 5.91 Å². The standard InChI is InChI=1S/C24H29N5O3/c1-3-29(24(30)12-14-28-17-25-26-27-28)21-13-15-32-23(16-21)20-6-4-18(5-7-20)19-8-10-22(31-2)11-9-19/h4-11,17,21,23H,3,12-16H2,1-2H3/t21-,23+/m0/s1. The lowest BCUT2D eigenvalue weighted by Crippen LogP contribution is -2.44. The molecular formula is C24H29N5O3. The Kier molecular flexibility index (Phi) is 7.11. The third-order valence-corrected chi connectivity index (χ3v) is 6.01. The number of hydrogen-bond acceptors (Lipinski definition) is 6. The molecule has 1 fully saturated rings. The lowest BCUT2D eigenvalue weighted by atomic mass is 9.94. The van der Waals surface area contributed by atoms with Gasteiger partial charge in [0.05, 0.1) is 19.8 Å². The molecule has 0 radical (unpaired) electrons. The minimum absolute atomic E-state index is 0.0139. The van der Waals surface area contributed by atoms with E-state index in [9.17, 15) is 4.79 Å². The Morgan fingerprint density at radius 1 is 1.16 bits per heavy atom. The van der Waals surface area contributed by atoms with E-state index in [-0.39, 0.29) is 18.1 Å². The second-order valence-corrected chi connectivity index (χ2v) is 7.89. The Bertz CT molecular complexity index is 989. The van der Waals surface area contributed by atoms with Crippen LogP contribution in [0.1, 0.15) is 37.9 Å². The summed E-state index contributed by atoms with van der Waals surface area (Å²) in [5.74, 6) is 0.975. The summed E-state index contributed by atoms with van der Waals surface area (Å²) >= 11 is 0. The molecule has 1 aliphatic rings. The van der Waals surface area contributed by atoms with Crippen molar-refractivity contribution in [2.75, 3.05) is 20.3 Å². The van der Waals surface area contributed by atoms with E-state index in [1.165, 1.54) is 6.33 Å². The average molecular weight is 436 g/mol. The van der Waals surface area contributed by atoms with Crippen LogP contribution in [0.3, 0.4) is 0 Å². The van der Waals surface area contributed by atoms with E-state index in [2.05, 4.69) is 51.9 Å². The molecule has 2 atom stereocenters. The summed E-state index contributed by atoms with van der Waals surface area (Å²) in [4.78, 5) is 14.8. The maximum Gasteiger partial charge on any atom is 0.224 e. The van der Waals surface area contributed by atoms with E-state index in [0.29, 0.717) is 26.1 Å². The molecule has 2 heterocycles. The van der Waals surface area contributed by atoms with E-state index in [0.717, 1.165) is 35.3 Å². The molecule has 8 heteroatoms. The van der Waals surface area contributed by atoms with Crippen molar-refractivity contribution in [3.8, 4) is 16.9 Å². The van der Waals surface area contributed by atoms with Crippen LogP contribution >= 0.6 is 0 Å². The first-order valence-electron chi connectivity index (χ1n) is 11.0. The molecule has 3 aromatic rings. The first-order valence-corrected chi connectivity index (χ1v) is 11.0. The maximum absolute atomic E-state index is 12.9. The summed E-state index contributed by atoms with van der Waals surface area (Å²) in [7, 11) is 1.67. The Morgan fingerprint density at radius 2 is 1.88 bits per heavy atom. The van der Waals surface area contributed by atoms with Gasteiger partial charge < -0.3 is 14.4 Å². The number of aromatic nitrogens is 4. The minimum Gasteiger partial charge on any atom is -0.497 e. The maximum atomic E-state index is 12.9. The number of aryl methyl sites for hydroxylation is 1. The van der Waals surface area contributed by atoms with Gasteiger partial charge in [-0.25, -0.2) is 4.68 Å². The molecule has 1 saturated heterocycles. The molecule has 0 aliphatic carbocycles. The van der Waals surface area contributed by atoms with Crippen LogP contribution in [0.25, 0.3) is 11.1 Å². The Morgan fingerprint density at radius 3 is 2.50 bits per heavy atom. The highest BCUT2D eigenvalue weighted by atomic mass is 16.5. The van der Waals surface area contributed by atoms with E-state index < -0.39 is 0 Å². The number of ether oxygens (including phenoxy) is 2. The Hall–Kier alpha value is -3.26. The van der Waals surface area contributed by atoms with Crippen LogP contribution in [0.4, 0.5) is 0 Å². The van der Waals surface area contributed by atoms with Crippen molar-refractivity contribution in [3.05, 3.63) is 60.4 Å². The molecule has 0 unspecified atom stereocenters. The number of benzene rings is 2. The number of carbonyl (C=O) groups excluding carboxylic acids is 1. The predicted molar refractivity (Wildman–Crippen MR) is 120 cm³/mol. The lowest BCUT2D eigenvalue weighted by Gasteiger charge is -2.37. The van der Waals surface area contributed by atoms with E-state index in [1.807, 2.05) is 24.0 Å². The summed E-state index contributed by atoms with van der Waals surface area (Å²) < 4.78 is 12.9. The second kappa shape index (κ2) is 10.4. The average Bonchev–Trinajstić information content (AvgIpc) is 3.37. The zero-order valence-corrected chi connectivity index (χ0v) is 18.6. The third kappa shape index (κ3) is 5.13. The van der Waals surface area contributed by atoms with Crippen LogP contribution in [0.5, 0.6) is 5.75 Å². The van der Waals surface area contributed by atoms with Crippen molar-refractivity contribution in [1.82, 2.24) is 25.1 Å². The Labute approximate surface area is 188 Å². The summed E-state index contributed by atoms with van der Waals surface area (Å²) in [5, 5.41) is 11.1. The Balaban J connectivity index is 1.39. The van der Waals surface area contributed by atoms with Gasteiger partial charge in [-0.2, -0.15) is 0 Å². The van der Waals surface area contributed by atoms with Gasteiger partial charge in [0.15, 0.2) is 0 Å². The molecule has 1 amide bonds. The highest BCUT2D eigenvalue weighted by molar-refractivity contribution is 5.76. The van der Waals surface area contributed by atoms with Crippen molar-refractivity contribution >= 4 is 5.91 Å². The molecule has 0 N–H and O–H groups in total. The van der Waals surface area contributed by atoms with Crippen LogP contribution < -0.4 is 4.74 Å². The zero-order valence-electron chi connectivity index (χ0n) is 18.6. The van der Waals surface area contributed by atoms with Gasteiger partial charge in [0.1, 0.15) is 12.1 Å². The van der Waals surface area contributed by atoms with Crippen LogP contribution in [0.15, 0.2) is 54.9 Å². The summed E-state index contributed by atoms with van der Waals surface area (Å²) in [6, 6.07) is 16.7. The molecule has 168 valence electrons. The topological polar surface area (TPSA) is 82.4 Å². The lowest BCUT2D eigenvalue weighted by molar-refractivity contribution is -0.137. The van der Waals surface area contributed by atoms with Crippen LogP contribution in [0, 0.1) is 0 Å². The van der Waals surface area contributed by atoms with Crippen molar-refractivity contribution in [1.29, 1.82) is 0 Å². The summed E-state index contributed by atoms with van der Waals surface area (Å²) in [5.41, 5.74) is 3.44. The predicted octanol–water partition coefficient (Wildman–Crippen LogP) is 3.51. The first-order chi connectivity index (χ1) is 15.7. The fourth-order valence-corrected chi connectivity index (χ4v) is 4.24. The van der Waals surface area contributed by atoms with Gasteiger partial charge in [0, 0.05) is 25.6 Å². The van der Waals surface area contributed by atoms with Gasteiger partial charge >= 0.3 is 0 Å². The largest absolute Gasteiger partial charge is 0.497 e. The van der Waals surface area contributed by atoms with Gasteiger partial charge in [0.25, 0.3) is 0 Å². The smallest absolute Gasteiger partial charge is 0.224 e. The molecule has 0 spiro atoms. The fourth-order valence-electron chi connectivity index (χ4n) is 4.24. The molecule has 1 aromatic heterocycles. The van der Waals surface area contributed by atoms with E-state index >= 15 is 0 Å². The zero-order chi connectivity index (χ0) is 22.3. The van der Waals surface area contributed by atoms with Crippen LogP contribution in [-0.2, 0) is 16.1 Å². The number of carbonyl (C=O) groups is 1. The second-order valence-electron chi connectivity index (χ2n) is 7.89. The summed E-state index contributed by atoms with van der Waals surface area (Å²) in [6.45, 7) is 3.85. The number of amides is 1. The fraction of sp³-hybridized carbons (Fsp3) is 0.417. The minimum atomic E-state index is -0.0139. The van der Waals surface area contributed by atoms with E-state index in [1.54, 1.807) is 11.8 Å². The van der Waals surface area contributed by atoms with Gasteiger partial charge in [-0.1, -0.05) is 36.4 Å². The number of hydrogen-bond donors (Lipinski definition) is 0. The normalized spacial score (nSPS) is 18.3. The van der Waals surface area contributed by atoms with Crippen molar-refractivity contribution in [2.45, 2.75) is 44.9 Å². The van der Waals surface area contributed by atoms with Crippen molar-refractivity contribution < 1.29 is 14.3 Å². The van der Waals surface area contributed by atoms with Gasteiger partial charge in [-0.15, -0.1) is 5.10 Å². The highest BCUT2D eigenvalue weighted by Crippen LogP contribution is 2.32. The highest BCUT2D eigenvalue weighted by Gasteiger charge is 2.30. The van der Waals surface area contributed by atoms with Crippen molar-refractivity contribution in [3.63, 3.8) is 0 Å². The molecule has 8 nitrogen and oxygen atoms in total. The number of rotatable bonds is 8. The van der Waals surface area contributed by atoms with Gasteiger partial charge in [-0.05, 0) is 59.0 Å². The molecule has 0 saturated carbocycles.